The van der Waals surface area contributed by atoms with Gasteiger partial charge in [0.25, 0.3) is 5.91 Å². The van der Waals surface area contributed by atoms with Crippen LogP contribution in [0.2, 0.25) is 0 Å². The standard InChI is InChI=1S/C18H19N3O2S/c1-11-5-6-14-15(10-24-16(14)8-11)18(22)21-7-3-4-13(9-21)17-19-12(2)20-23-17/h5-6,8,10,13H,3-4,7,9H2,1-2H3. The van der Waals surface area contributed by atoms with Crippen molar-refractivity contribution in [3.8, 4) is 0 Å². The highest BCUT2D eigenvalue weighted by atomic mass is 32.1. The molecule has 5 nitrogen and oxygen atoms in total. The largest absolute Gasteiger partial charge is 0.339 e. The van der Waals surface area contributed by atoms with Crippen LogP contribution in [0.5, 0.6) is 0 Å². The topological polar surface area (TPSA) is 59.2 Å². The summed E-state index contributed by atoms with van der Waals surface area (Å²) in [5.74, 6) is 1.53. The van der Waals surface area contributed by atoms with Crippen LogP contribution in [0, 0.1) is 13.8 Å². The Morgan fingerprint density at radius 2 is 2.25 bits per heavy atom. The summed E-state index contributed by atoms with van der Waals surface area (Å²) < 4.78 is 6.48. The minimum absolute atomic E-state index is 0.103. The number of piperidine rings is 1. The van der Waals surface area contributed by atoms with E-state index in [4.69, 9.17) is 4.52 Å². The summed E-state index contributed by atoms with van der Waals surface area (Å²) in [6, 6.07) is 6.25. The van der Waals surface area contributed by atoms with Crippen LogP contribution in [-0.4, -0.2) is 34.0 Å². The highest BCUT2D eigenvalue weighted by molar-refractivity contribution is 7.17. The van der Waals surface area contributed by atoms with Gasteiger partial charge < -0.3 is 9.42 Å². The summed E-state index contributed by atoms with van der Waals surface area (Å²) >= 11 is 1.63. The van der Waals surface area contributed by atoms with Gasteiger partial charge in [-0.05, 0) is 38.3 Å². The second-order valence-corrected chi connectivity index (χ2v) is 7.33. The number of rotatable bonds is 2. The maximum Gasteiger partial charge on any atom is 0.255 e. The van der Waals surface area contributed by atoms with Gasteiger partial charge in [0.2, 0.25) is 5.89 Å². The number of fused-ring (bicyclic) bond motifs is 1. The third-order valence-electron chi connectivity index (χ3n) is 4.56. The lowest BCUT2D eigenvalue weighted by Gasteiger charge is -2.31. The molecule has 0 bridgehead atoms. The number of nitrogens with zero attached hydrogens (tertiary/aromatic N) is 3. The van der Waals surface area contributed by atoms with Crippen molar-refractivity contribution in [2.45, 2.75) is 32.6 Å². The van der Waals surface area contributed by atoms with Gasteiger partial charge in [0.15, 0.2) is 5.82 Å². The first-order valence-electron chi connectivity index (χ1n) is 8.19. The quantitative estimate of drug-likeness (QED) is 0.709. The van der Waals surface area contributed by atoms with Gasteiger partial charge in [-0.25, -0.2) is 0 Å². The first-order valence-corrected chi connectivity index (χ1v) is 9.07. The van der Waals surface area contributed by atoms with E-state index in [0.29, 0.717) is 18.3 Å². The van der Waals surface area contributed by atoms with Crippen LogP contribution >= 0.6 is 11.3 Å². The number of hydrogen-bond donors (Lipinski definition) is 0. The fourth-order valence-corrected chi connectivity index (χ4v) is 4.35. The van der Waals surface area contributed by atoms with Gasteiger partial charge in [-0.15, -0.1) is 11.3 Å². The molecular formula is C18H19N3O2S. The third kappa shape index (κ3) is 2.71. The molecule has 3 heterocycles. The maximum atomic E-state index is 13.0. The van der Waals surface area contributed by atoms with Crippen molar-refractivity contribution in [3.63, 3.8) is 0 Å². The van der Waals surface area contributed by atoms with Crippen molar-refractivity contribution in [1.82, 2.24) is 15.0 Å². The summed E-state index contributed by atoms with van der Waals surface area (Å²) in [4.78, 5) is 19.3. The second-order valence-electron chi connectivity index (χ2n) is 6.42. The van der Waals surface area contributed by atoms with E-state index >= 15 is 0 Å². The van der Waals surface area contributed by atoms with E-state index in [-0.39, 0.29) is 11.8 Å². The lowest BCUT2D eigenvalue weighted by molar-refractivity contribution is 0.0698. The normalized spacial score (nSPS) is 18.2. The molecule has 1 aliphatic rings. The molecule has 1 unspecified atom stereocenters. The molecule has 124 valence electrons. The number of benzene rings is 1. The molecule has 2 aromatic heterocycles. The van der Waals surface area contributed by atoms with Crippen molar-refractivity contribution in [2.24, 2.45) is 0 Å². The lowest BCUT2D eigenvalue weighted by Crippen LogP contribution is -2.39. The summed E-state index contributed by atoms with van der Waals surface area (Å²) in [6.07, 6.45) is 1.94. The average molecular weight is 341 g/mol. The number of likely N-dealkylation sites (tertiary alicyclic amines) is 1. The molecule has 0 N–H and O–H groups in total. The van der Waals surface area contributed by atoms with Crippen LogP contribution < -0.4 is 0 Å². The van der Waals surface area contributed by atoms with Crippen molar-refractivity contribution in [3.05, 3.63) is 46.4 Å². The minimum atomic E-state index is 0.103. The van der Waals surface area contributed by atoms with Gasteiger partial charge in [0.1, 0.15) is 0 Å². The van der Waals surface area contributed by atoms with E-state index in [1.165, 1.54) is 10.3 Å². The third-order valence-corrected chi connectivity index (χ3v) is 5.51. The molecule has 1 fully saturated rings. The van der Waals surface area contributed by atoms with E-state index in [1.54, 1.807) is 11.3 Å². The molecule has 1 atom stereocenters. The minimum Gasteiger partial charge on any atom is -0.339 e. The zero-order chi connectivity index (χ0) is 16.7. The molecule has 1 aromatic carbocycles. The summed E-state index contributed by atoms with van der Waals surface area (Å²) in [5, 5.41) is 6.90. The monoisotopic (exact) mass is 341 g/mol. The molecule has 1 aliphatic heterocycles. The Kier molecular flexibility index (Phi) is 3.84. The van der Waals surface area contributed by atoms with E-state index in [1.807, 2.05) is 17.2 Å². The summed E-state index contributed by atoms with van der Waals surface area (Å²) in [6.45, 7) is 5.32. The smallest absolute Gasteiger partial charge is 0.255 e. The molecule has 4 rings (SSSR count). The van der Waals surface area contributed by atoms with Gasteiger partial charge in [0.05, 0.1) is 11.5 Å². The van der Waals surface area contributed by atoms with E-state index in [0.717, 1.165) is 30.3 Å². The van der Waals surface area contributed by atoms with Gasteiger partial charge >= 0.3 is 0 Å². The Bertz CT molecular complexity index is 899. The Balaban J connectivity index is 1.59. The lowest BCUT2D eigenvalue weighted by atomic mass is 9.97. The molecule has 1 saturated heterocycles. The zero-order valence-electron chi connectivity index (χ0n) is 13.8. The maximum absolute atomic E-state index is 13.0. The van der Waals surface area contributed by atoms with E-state index < -0.39 is 0 Å². The number of aryl methyl sites for hydroxylation is 2. The number of aromatic nitrogens is 2. The molecule has 1 amide bonds. The van der Waals surface area contributed by atoms with Gasteiger partial charge in [-0.3, -0.25) is 4.79 Å². The van der Waals surface area contributed by atoms with Gasteiger partial charge in [-0.2, -0.15) is 4.98 Å². The predicted octanol–water partition coefficient (Wildman–Crippen LogP) is 3.92. The molecule has 3 aromatic rings. The molecule has 0 aliphatic carbocycles. The summed E-state index contributed by atoms with van der Waals surface area (Å²) in [7, 11) is 0. The second kappa shape index (κ2) is 6.02. The van der Waals surface area contributed by atoms with Crippen LogP contribution in [0.3, 0.4) is 0 Å². The number of amides is 1. The van der Waals surface area contributed by atoms with Crippen molar-refractivity contribution < 1.29 is 9.32 Å². The van der Waals surface area contributed by atoms with Crippen LogP contribution in [-0.2, 0) is 0 Å². The highest BCUT2D eigenvalue weighted by Gasteiger charge is 2.29. The molecule has 0 saturated carbocycles. The molecule has 0 spiro atoms. The molecule has 6 heteroatoms. The van der Waals surface area contributed by atoms with Crippen LogP contribution in [0.1, 0.15) is 46.4 Å². The Morgan fingerprint density at radius 3 is 3.04 bits per heavy atom. The average Bonchev–Trinajstić information content (AvgIpc) is 3.20. The molecule has 24 heavy (non-hydrogen) atoms. The van der Waals surface area contributed by atoms with Crippen LogP contribution in [0.15, 0.2) is 28.1 Å². The molecule has 0 radical (unpaired) electrons. The highest BCUT2D eigenvalue weighted by Crippen LogP contribution is 2.31. The van der Waals surface area contributed by atoms with Crippen molar-refractivity contribution in [1.29, 1.82) is 0 Å². The van der Waals surface area contributed by atoms with Gasteiger partial charge in [0, 0.05) is 28.6 Å². The number of thiophene rings is 1. The van der Waals surface area contributed by atoms with Crippen molar-refractivity contribution >= 4 is 27.3 Å². The Labute approximate surface area is 144 Å². The number of hydrogen-bond acceptors (Lipinski definition) is 5. The fraction of sp³-hybridized carbons (Fsp3) is 0.389. The van der Waals surface area contributed by atoms with Crippen LogP contribution in [0.25, 0.3) is 10.1 Å². The first-order chi connectivity index (χ1) is 11.6. The first kappa shape index (κ1) is 15.3. The Hall–Kier alpha value is -2.21. The Morgan fingerprint density at radius 1 is 1.38 bits per heavy atom. The fourth-order valence-electron chi connectivity index (χ4n) is 3.31. The van der Waals surface area contributed by atoms with E-state index in [2.05, 4.69) is 35.3 Å². The summed E-state index contributed by atoms with van der Waals surface area (Å²) in [5.41, 5.74) is 2.02. The van der Waals surface area contributed by atoms with Gasteiger partial charge in [-0.1, -0.05) is 17.3 Å². The zero-order valence-corrected chi connectivity index (χ0v) is 14.6. The molecular weight excluding hydrogens is 322 g/mol. The number of carbonyl (C=O) groups excluding carboxylic acids is 1. The van der Waals surface area contributed by atoms with Crippen LogP contribution in [0.4, 0.5) is 0 Å². The van der Waals surface area contributed by atoms with E-state index in [9.17, 15) is 4.79 Å². The van der Waals surface area contributed by atoms with Crippen molar-refractivity contribution in [2.75, 3.05) is 13.1 Å². The predicted molar refractivity (Wildman–Crippen MR) is 93.5 cm³/mol. The SMILES string of the molecule is Cc1ccc2c(C(=O)N3CCCC(c4nc(C)no4)C3)csc2c1. The number of carbonyl (C=O) groups is 1.